The summed E-state index contributed by atoms with van der Waals surface area (Å²) in [6.07, 6.45) is 2.67. The molecule has 0 spiro atoms. The normalized spacial score (nSPS) is 10.2. The van der Waals surface area contributed by atoms with Gasteiger partial charge in [-0.25, -0.2) is 4.98 Å². The number of carbonyl (C=O) groups is 1. The second kappa shape index (κ2) is 7.53. The van der Waals surface area contributed by atoms with Crippen molar-refractivity contribution < 1.29 is 9.53 Å². The molecule has 1 aromatic heterocycles. The van der Waals surface area contributed by atoms with E-state index in [-0.39, 0.29) is 18.6 Å². The molecular formula is C13H21N3O2. The molecule has 0 radical (unpaired) electrons. The van der Waals surface area contributed by atoms with Crippen LogP contribution >= 0.6 is 0 Å². The zero-order valence-corrected chi connectivity index (χ0v) is 11.2. The number of hydrogen-bond donors (Lipinski definition) is 2. The summed E-state index contributed by atoms with van der Waals surface area (Å²) < 4.78 is 5.60. The molecule has 5 nitrogen and oxygen atoms in total. The molecule has 0 fully saturated rings. The number of aromatic nitrogens is 1. The minimum Gasteiger partial charge on any atom is -0.487 e. The molecule has 1 heterocycles. The molecule has 0 aliphatic heterocycles. The molecule has 1 rings (SSSR count). The average Bonchev–Trinajstić information content (AvgIpc) is 2.34. The zero-order valence-electron chi connectivity index (χ0n) is 11.2. The number of hydrogen-bond acceptors (Lipinski definition) is 4. The third kappa shape index (κ3) is 5.03. The number of anilines is 1. The Balaban J connectivity index is 2.53. The maximum atomic E-state index is 11.5. The minimum absolute atomic E-state index is 0.0435. The number of pyridine rings is 1. The van der Waals surface area contributed by atoms with E-state index in [2.05, 4.69) is 15.6 Å². The Hall–Kier alpha value is -1.78. The summed E-state index contributed by atoms with van der Waals surface area (Å²) in [6, 6.07) is 3.64. The van der Waals surface area contributed by atoms with E-state index >= 15 is 0 Å². The van der Waals surface area contributed by atoms with Gasteiger partial charge in [0, 0.05) is 12.7 Å². The molecule has 0 aliphatic rings. The Morgan fingerprint density at radius 2 is 2.28 bits per heavy atom. The van der Waals surface area contributed by atoms with Crippen LogP contribution < -0.4 is 15.4 Å². The van der Waals surface area contributed by atoms with Crippen molar-refractivity contribution in [2.75, 3.05) is 18.4 Å². The molecule has 5 heteroatoms. The summed E-state index contributed by atoms with van der Waals surface area (Å²) in [4.78, 5) is 15.6. The summed E-state index contributed by atoms with van der Waals surface area (Å²) in [5.41, 5.74) is 0. The monoisotopic (exact) mass is 251 g/mol. The van der Waals surface area contributed by atoms with Gasteiger partial charge in [0.2, 0.25) is 5.91 Å². The van der Waals surface area contributed by atoms with Crippen LogP contribution in [-0.4, -0.2) is 30.1 Å². The molecule has 0 saturated carbocycles. The highest BCUT2D eigenvalue weighted by molar-refractivity contribution is 5.80. The molecule has 1 aromatic rings. The van der Waals surface area contributed by atoms with Gasteiger partial charge in [-0.1, -0.05) is 6.92 Å². The number of carbonyl (C=O) groups excluding carboxylic acids is 1. The van der Waals surface area contributed by atoms with Crippen LogP contribution in [-0.2, 0) is 4.79 Å². The summed E-state index contributed by atoms with van der Waals surface area (Å²) in [6.45, 7) is 6.81. The van der Waals surface area contributed by atoms with Crippen molar-refractivity contribution in [3.8, 4) is 5.75 Å². The van der Waals surface area contributed by atoms with Gasteiger partial charge in [-0.2, -0.15) is 0 Å². The molecule has 0 bridgehead atoms. The maximum Gasteiger partial charge on any atom is 0.239 e. The van der Waals surface area contributed by atoms with Crippen LogP contribution in [0.15, 0.2) is 18.3 Å². The number of ether oxygens (including phenoxy) is 1. The van der Waals surface area contributed by atoms with Crippen LogP contribution in [0.5, 0.6) is 5.75 Å². The third-order valence-electron chi connectivity index (χ3n) is 2.12. The van der Waals surface area contributed by atoms with E-state index in [0.717, 1.165) is 6.42 Å². The first kappa shape index (κ1) is 14.3. The summed E-state index contributed by atoms with van der Waals surface area (Å²) in [5, 5.41) is 5.77. The predicted molar refractivity (Wildman–Crippen MR) is 71.8 cm³/mol. The van der Waals surface area contributed by atoms with Crippen molar-refractivity contribution in [3.05, 3.63) is 18.3 Å². The first-order valence-electron chi connectivity index (χ1n) is 6.25. The molecule has 100 valence electrons. The Kier molecular flexibility index (Phi) is 5.97. The fourth-order valence-corrected chi connectivity index (χ4v) is 1.36. The van der Waals surface area contributed by atoms with Gasteiger partial charge < -0.3 is 15.4 Å². The molecule has 18 heavy (non-hydrogen) atoms. The largest absolute Gasteiger partial charge is 0.487 e. The molecular weight excluding hydrogens is 230 g/mol. The van der Waals surface area contributed by atoms with Gasteiger partial charge >= 0.3 is 0 Å². The standard InChI is InChI=1S/C13H21N3O2/c1-4-7-14-12(17)9-16-13-11(18-10(2)3)6-5-8-15-13/h5-6,8,10H,4,7,9H2,1-3H3,(H,14,17)(H,15,16). The van der Waals surface area contributed by atoms with E-state index < -0.39 is 0 Å². The topological polar surface area (TPSA) is 63.2 Å². The van der Waals surface area contributed by atoms with Crippen molar-refractivity contribution in [2.45, 2.75) is 33.3 Å². The van der Waals surface area contributed by atoms with E-state index in [9.17, 15) is 4.79 Å². The SMILES string of the molecule is CCCNC(=O)CNc1ncccc1OC(C)C. The van der Waals surface area contributed by atoms with Gasteiger partial charge in [-0.15, -0.1) is 0 Å². The number of amides is 1. The van der Waals surface area contributed by atoms with Gasteiger partial charge in [0.25, 0.3) is 0 Å². The molecule has 0 aromatic carbocycles. The Morgan fingerprint density at radius 1 is 1.50 bits per heavy atom. The van der Waals surface area contributed by atoms with Crippen LogP contribution in [0, 0.1) is 0 Å². The number of nitrogens with zero attached hydrogens (tertiary/aromatic N) is 1. The van der Waals surface area contributed by atoms with Gasteiger partial charge in [0.05, 0.1) is 12.6 Å². The highest BCUT2D eigenvalue weighted by atomic mass is 16.5. The molecule has 2 N–H and O–H groups in total. The van der Waals surface area contributed by atoms with Crippen molar-refractivity contribution in [2.24, 2.45) is 0 Å². The third-order valence-corrected chi connectivity index (χ3v) is 2.12. The van der Waals surface area contributed by atoms with Gasteiger partial charge in [0.15, 0.2) is 11.6 Å². The van der Waals surface area contributed by atoms with Gasteiger partial charge in [0.1, 0.15) is 0 Å². The molecule has 0 saturated heterocycles. The first-order chi connectivity index (χ1) is 8.63. The van der Waals surface area contributed by atoms with Crippen molar-refractivity contribution in [3.63, 3.8) is 0 Å². The van der Waals surface area contributed by atoms with Gasteiger partial charge in [-0.05, 0) is 32.4 Å². The summed E-state index contributed by atoms with van der Waals surface area (Å²) in [5.74, 6) is 1.21. The smallest absolute Gasteiger partial charge is 0.239 e. The van der Waals surface area contributed by atoms with Crippen LogP contribution in [0.4, 0.5) is 5.82 Å². The second-order valence-electron chi connectivity index (χ2n) is 4.22. The molecule has 0 atom stereocenters. The maximum absolute atomic E-state index is 11.5. The lowest BCUT2D eigenvalue weighted by atomic mass is 10.4. The van der Waals surface area contributed by atoms with Crippen LogP contribution in [0.25, 0.3) is 0 Å². The molecule has 0 aliphatic carbocycles. The van der Waals surface area contributed by atoms with E-state index in [1.807, 2.05) is 26.8 Å². The quantitative estimate of drug-likeness (QED) is 0.775. The van der Waals surface area contributed by atoms with Crippen molar-refractivity contribution in [1.29, 1.82) is 0 Å². The van der Waals surface area contributed by atoms with E-state index in [1.165, 1.54) is 0 Å². The Labute approximate surface area is 108 Å². The van der Waals surface area contributed by atoms with Crippen LogP contribution in [0.2, 0.25) is 0 Å². The Morgan fingerprint density at radius 3 is 2.94 bits per heavy atom. The zero-order chi connectivity index (χ0) is 13.4. The Bertz CT molecular complexity index is 380. The van der Waals surface area contributed by atoms with Crippen molar-refractivity contribution in [1.82, 2.24) is 10.3 Å². The number of nitrogens with one attached hydrogen (secondary N) is 2. The highest BCUT2D eigenvalue weighted by Gasteiger charge is 2.07. The summed E-state index contributed by atoms with van der Waals surface area (Å²) in [7, 11) is 0. The fraction of sp³-hybridized carbons (Fsp3) is 0.538. The predicted octanol–water partition coefficient (Wildman–Crippen LogP) is 1.81. The minimum atomic E-state index is -0.0435. The second-order valence-corrected chi connectivity index (χ2v) is 4.22. The highest BCUT2D eigenvalue weighted by Crippen LogP contribution is 2.21. The number of rotatable bonds is 7. The lowest BCUT2D eigenvalue weighted by Gasteiger charge is -2.14. The fourth-order valence-electron chi connectivity index (χ4n) is 1.36. The van der Waals surface area contributed by atoms with E-state index in [0.29, 0.717) is 18.1 Å². The molecule has 1 amide bonds. The lowest BCUT2D eigenvalue weighted by Crippen LogP contribution is -2.30. The first-order valence-corrected chi connectivity index (χ1v) is 6.25. The molecule has 0 unspecified atom stereocenters. The van der Waals surface area contributed by atoms with Crippen molar-refractivity contribution >= 4 is 11.7 Å². The van der Waals surface area contributed by atoms with E-state index in [4.69, 9.17) is 4.74 Å². The summed E-state index contributed by atoms with van der Waals surface area (Å²) >= 11 is 0. The lowest BCUT2D eigenvalue weighted by molar-refractivity contribution is -0.119. The van der Waals surface area contributed by atoms with E-state index in [1.54, 1.807) is 12.3 Å². The van der Waals surface area contributed by atoms with Crippen LogP contribution in [0.1, 0.15) is 27.2 Å². The average molecular weight is 251 g/mol. The van der Waals surface area contributed by atoms with Crippen LogP contribution in [0.3, 0.4) is 0 Å². The van der Waals surface area contributed by atoms with Gasteiger partial charge in [-0.3, -0.25) is 4.79 Å².